The molecule has 20 heavy (non-hydrogen) atoms. The highest BCUT2D eigenvalue weighted by Crippen LogP contribution is 2.23. The van der Waals surface area contributed by atoms with Crippen LogP contribution in [0.25, 0.3) is 0 Å². The van der Waals surface area contributed by atoms with E-state index in [1.165, 1.54) is 0 Å². The fraction of sp³-hybridized carbons (Fsp3) is 0.562. The predicted molar refractivity (Wildman–Crippen MR) is 79.8 cm³/mol. The maximum atomic E-state index is 12.4. The Hall–Kier alpha value is -1.55. The Labute approximate surface area is 121 Å². The lowest BCUT2D eigenvalue weighted by molar-refractivity contribution is -0.142. The minimum absolute atomic E-state index is 0.0356. The number of carbonyl (C=O) groups excluding carboxylic acids is 1. The van der Waals surface area contributed by atoms with Gasteiger partial charge in [-0.05, 0) is 39.8 Å². The smallest absolute Gasteiger partial charge is 0.261 e. The van der Waals surface area contributed by atoms with Crippen molar-refractivity contribution in [1.29, 1.82) is 0 Å². The number of nitrogens with one attached hydrogen (secondary N) is 1. The molecule has 1 saturated heterocycles. The Bertz CT molecular complexity index is 469. The van der Waals surface area contributed by atoms with Crippen LogP contribution in [-0.2, 0) is 4.79 Å². The van der Waals surface area contributed by atoms with Crippen LogP contribution in [0, 0.1) is 0 Å². The Balaban J connectivity index is 2.00. The van der Waals surface area contributed by atoms with E-state index < -0.39 is 0 Å². The second-order valence-corrected chi connectivity index (χ2v) is 6.63. The van der Waals surface area contributed by atoms with Crippen LogP contribution in [0.3, 0.4) is 0 Å². The molecule has 1 aliphatic heterocycles. The first-order valence-electron chi connectivity index (χ1n) is 7.04. The van der Waals surface area contributed by atoms with Crippen LogP contribution in [0.1, 0.15) is 27.7 Å². The molecule has 0 atom stereocenters. The molecule has 1 aromatic carbocycles. The molecule has 1 heterocycles. The van der Waals surface area contributed by atoms with Crippen LogP contribution in [0.4, 0.5) is 0 Å². The summed E-state index contributed by atoms with van der Waals surface area (Å²) < 4.78 is 5.57. The number of benzene rings is 1. The number of para-hydroxylation sites is 1. The van der Waals surface area contributed by atoms with Gasteiger partial charge in [0.25, 0.3) is 5.91 Å². The molecule has 0 aliphatic carbocycles. The first kappa shape index (κ1) is 14.9. The zero-order chi connectivity index (χ0) is 14.8. The molecule has 1 aliphatic rings. The maximum absolute atomic E-state index is 12.4. The Morgan fingerprint density at radius 3 is 2.55 bits per heavy atom. The average Bonchev–Trinajstić information content (AvgIpc) is 2.40. The molecule has 4 nitrogen and oxygen atoms in total. The van der Waals surface area contributed by atoms with Gasteiger partial charge in [0, 0.05) is 24.2 Å². The van der Waals surface area contributed by atoms with Crippen molar-refractivity contribution in [3.63, 3.8) is 0 Å². The molecule has 0 saturated carbocycles. The second-order valence-electron chi connectivity index (χ2n) is 6.63. The van der Waals surface area contributed by atoms with E-state index in [9.17, 15) is 4.79 Å². The minimum atomic E-state index is -0.188. The van der Waals surface area contributed by atoms with Gasteiger partial charge in [0.1, 0.15) is 5.75 Å². The number of piperazine rings is 1. The molecule has 1 aromatic rings. The van der Waals surface area contributed by atoms with E-state index >= 15 is 0 Å². The van der Waals surface area contributed by atoms with E-state index in [-0.39, 0.29) is 23.6 Å². The van der Waals surface area contributed by atoms with Gasteiger partial charge in [-0.25, -0.2) is 0 Å². The van der Waals surface area contributed by atoms with Crippen LogP contribution in [0.5, 0.6) is 5.75 Å². The Morgan fingerprint density at radius 2 is 1.90 bits per heavy atom. The average molecular weight is 276 g/mol. The molecule has 4 heteroatoms. The summed E-state index contributed by atoms with van der Waals surface area (Å²) in [5.74, 6) is 0.765. The fourth-order valence-corrected chi connectivity index (χ4v) is 2.38. The van der Waals surface area contributed by atoms with Gasteiger partial charge in [0.15, 0.2) is 6.61 Å². The molecule has 1 N–H and O–H groups in total. The summed E-state index contributed by atoms with van der Waals surface area (Å²) in [6, 6.07) is 9.45. The highest BCUT2D eigenvalue weighted by atomic mass is 16.5. The quantitative estimate of drug-likeness (QED) is 0.918. The van der Waals surface area contributed by atoms with Gasteiger partial charge in [-0.1, -0.05) is 18.2 Å². The lowest BCUT2D eigenvalue weighted by Crippen LogP contribution is -2.67. The molecule has 1 amide bonds. The summed E-state index contributed by atoms with van der Waals surface area (Å²) in [5, 5.41) is 3.47. The molecule has 0 radical (unpaired) electrons. The predicted octanol–water partition coefficient (Wildman–Crippen LogP) is 2.05. The molecule has 2 rings (SSSR count). The van der Waals surface area contributed by atoms with Gasteiger partial charge in [-0.15, -0.1) is 0 Å². The SMILES string of the molecule is CC1(C)CN(C(=O)COc2ccccc2)C(C)(C)CN1. The van der Waals surface area contributed by atoms with Crippen molar-refractivity contribution in [1.82, 2.24) is 10.2 Å². The summed E-state index contributed by atoms with van der Waals surface area (Å²) in [6.07, 6.45) is 0. The summed E-state index contributed by atoms with van der Waals surface area (Å²) in [4.78, 5) is 14.4. The number of hydrogen-bond donors (Lipinski definition) is 1. The van der Waals surface area contributed by atoms with Crippen LogP contribution in [0.15, 0.2) is 30.3 Å². The first-order chi connectivity index (χ1) is 9.30. The number of nitrogens with zero attached hydrogens (tertiary/aromatic N) is 1. The van der Waals surface area contributed by atoms with Crippen molar-refractivity contribution < 1.29 is 9.53 Å². The molecule has 0 unspecified atom stereocenters. The third kappa shape index (κ3) is 3.51. The highest BCUT2D eigenvalue weighted by molar-refractivity contribution is 5.79. The zero-order valence-electron chi connectivity index (χ0n) is 12.8. The van der Waals surface area contributed by atoms with Crippen molar-refractivity contribution in [3.8, 4) is 5.75 Å². The highest BCUT2D eigenvalue weighted by Gasteiger charge is 2.40. The van der Waals surface area contributed by atoms with E-state index in [1.54, 1.807) is 0 Å². The van der Waals surface area contributed by atoms with E-state index in [2.05, 4.69) is 33.0 Å². The second kappa shape index (κ2) is 5.44. The van der Waals surface area contributed by atoms with Gasteiger partial charge in [0.2, 0.25) is 0 Å². The summed E-state index contributed by atoms with van der Waals surface area (Å²) in [6.45, 7) is 9.95. The van der Waals surface area contributed by atoms with Crippen molar-refractivity contribution in [3.05, 3.63) is 30.3 Å². The van der Waals surface area contributed by atoms with E-state index in [4.69, 9.17) is 4.74 Å². The minimum Gasteiger partial charge on any atom is -0.484 e. The summed E-state index contributed by atoms with van der Waals surface area (Å²) in [7, 11) is 0. The Morgan fingerprint density at radius 1 is 1.25 bits per heavy atom. The summed E-state index contributed by atoms with van der Waals surface area (Å²) in [5.41, 5.74) is -0.245. The number of hydrogen-bond acceptors (Lipinski definition) is 3. The van der Waals surface area contributed by atoms with Gasteiger partial charge >= 0.3 is 0 Å². The zero-order valence-corrected chi connectivity index (χ0v) is 12.8. The third-order valence-electron chi connectivity index (χ3n) is 3.69. The standard InChI is InChI=1S/C16H24N2O2/c1-15(2)12-18(16(3,4)11-17-15)14(19)10-20-13-8-6-5-7-9-13/h5-9,17H,10-12H2,1-4H3. The van der Waals surface area contributed by atoms with E-state index in [1.807, 2.05) is 35.2 Å². The lowest BCUT2D eigenvalue weighted by Gasteiger charge is -2.49. The molecular formula is C16H24N2O2. The van der Waals surface area contributed by atoms with Crippen molar-refractivity contribution >= 4 is 5.91 Å². The fourth-order valence-electron chi connectivity index (χ4n) is 2.38. The molecule has 0 bridgehead atoms. The monoisotopic (exact) mass is 276 g/mol. The normalized spacial score (nSPS) is 20.5. The largest absolute Gasteiger partial charge is 0.484 e. The van der Waals surface area contributed by atoms with E-state index in [0.29, 0.717) is 6.54 Å². The van der Waals surface area contributed by atoms with Crippen molar-refractivity contribution in [2.75, 3.05) is 19.7 Å². The Kier molecular flexibility index (Phi) is 4.04. The topological polar surface area (TPSA) is 41.6 Å². The van der Waals surface area contributed by atoms with Gasteiger partial charge in [0.05, 0.1) is 0 Å². The molecule has 1 fully saturated rings. The first-order valence-corrected chi connectivity index (χ1v) is 7.04. The number of amides is 1. The van der Waals surface area contributed by atoms with Crippen molar-refractivity contribution in [2.24, 2.45) is 0 Å². The van der Waals surface area contributed by atoms with E-state index in [0.717, 1.165) is 12.3 Å². The number of rotatable bonds is 3. The van der Waals surface area contributed by atoms with Crippen LogP contribution in [-0.4, -0.2) is 41.6 Å². The maximum Gasteiger partial charge on any atom is 0.261 e. The van der Waals surface area contributed by atoms with Gasteiger partial charge in [-0.3, -0.25) is 4.79 Å². The van der Waals surface area contributed by atoms with Crippen LogP contribution < -0.4 is 10.1 Å². The molecular weight excluding hydrogens is 252 g/mol. The van der Waals surface area contributed by atoms with Crippen LogP contribution >= 0.6 is 0 Å². The van der Waals surface area contributed by atoms with Gasteiger partial charge in [-0.2, -0.15) is 0 Å². The molecule has 110 valence electrons. The molecule has 0 aromatic heterocycles. The third-order valence-corrected chi connectivity index (χ3v) is 3.69. The summed E-state index contributed by atoms with van der Waals surface area (Å²) >= 11 is 0. The van der Waals surface area contributed by atoms with Gasteiger partial charge < -0.3 is 15.0 Å². The van der Waals surface area contributed by atoms with Crippen LogP contribution in [0.2, 0.25) is 0 Å². The lowest BCUT2D eigenvalue weighted by atomic mass is 9.91. The number of ether oxygens (including phenoxy) is 1. The number of carbonyl (C=O) groups is 1. The van der Waals surface area contributed by atoms with Crippen molar-refractivity contribution in [2.45, 2.75) is 38.8 Å². The molecule has 0 spiro atoms.